The monoisotopic (exact) mass is 550 g/mol. The molecule has 0 unspecified atom stereocenters. The van der Waals surface area contributed by atoms with E-state index >= 15 is 0 Å². The zero-order chi connectivity index (χ0) is 27.7. The van der Waals surface area contributed by atoms with E-state index in [1.54, 1.807) is 12.1 Å². The van der Waals surface area contributed by atoms with Crippen molar-refractivity contribution < 1.29 is 22.8 Å². The zero-order valence-electron chi connectivity index (χ0n) is 22.4. The number of nitrogens with zero attached hydrogens (tertiary/aromatic N) is 1. The standard InChI is InChI=1S/C29H34N4O5S/c1-3-23-18(2)17-33(27(23)34)29(36)30-15-14-19-10-12-22(13-11-19)39(37,38)32-28(35)31-26-24-8-4-6-20(24)16-21-7-5-9-25(21)26/h10-13,16H,3-9,14-15,17H2,1-2H3,(H,30,36)(H2,31,32,35). The lowest BCUT2D eigenvalue weighted by Crippen LogP contribution is -2.42. The van der Waals surface area contributed by atoms with Crippen LogP contribution in [-0.2, 0) is 46.9 Å². The predicted octanol–water partition coefficient (Wildman–Crippen LogP) is 4.00. The molecule has 0 fully saturated rings. The van der Waals surface area contributed by atoms with Gasteiger partial charge in [0.2, 0.25) is 0 Å². The maximum Gasteiger partial charge on any atom is 0.333 e. The highest BCUT2D eigenvalue weighted by Gasteiger charge is 2.31. The minimum Gasteiger partial charge on any atom is -0.337 e. The first-order valence-corrected chi connectivity index (χ1v) is 15.0. The largest absolute Gasteiger partial charge is 0.337 e. The summed E-state index contributed by atoms with van der Waals surface area (Å²) in [6.45, 7) is 4.35. The van der Waals surface area contributed by atoms with E-state index in [2.05, 4.69) is 21.4 Å². The van der Waals surface area contributed by atoms with Gasteiger partial charge >= 0.3 is 12.1 Å². The molecule has 206 valence electrons. The lowest BCUT2D eigenvalue weighted by atomic mass is 9.99. The number of imide groups is 1. The van der Waals surface area contributed by atoms with Crippen LogP contribution in [0.25, 0.3) is 0 Å². The third kappa shape index (κ3) is 5.43. The van der Waals surface area contributed by atoms with E-state index in [9.17, 15) is 22.8 Å². The van der Waals surface area contributed by atoms with Gasteiger partial charge in [0.25, 0.3) is 15.9 Å². The summed E-state index contributed by atoms with van der Waals surface area (Å²) in [5, 5.41) is 5.61. The van der Waals surface area contributed by atoms with Gasteiger partial charge in [-0.1, -0.05) is 25.1 Å². The molecule has 0 spiro atoms. The number of urea groups is 2. The molecule has 9 nitrogen and oxygen atoms in total. The van der Waals surface area contributed by atoms with Crippen LogP contribution in [0.2, 0.25) is 0 Å². The van der Waals surface area contributed by atoms with Crippen LogP contribution in [-0.4, -0.2) is 44.4 Å². The number of hydrogen-bond donors (Lipinski definition) is 3. The molecule has 0 saturated carbocycles. The Morgan fingerprint density at radius 3 is 2.21 bits per heavy atom. The molecule has 3 N–H and O–H groups in total. The van der Waals surface area contributed by atoms with Crippen LogP contribution < -0.4 is 15.4 Å². The number of anilines is 1. The highest BCUT2D eigenvalue weighted by molar-refractivity contribution is 7.90. The first kappa shape index (κ1) is 26.9. The van der Waals surface area contributed by atoms with Crippen LogP contribution in [0.15, 0.2) is 46.4 Å². The Bertz CT molecular complexity index is 1450. The molecule has 0 saturated heterocycles. The van der Waals surface area contributed by atoms with Crippen molar-refractivity contribution in [1.82, 2.24) is 14.9 Å². The summed E-state index contributed by atoms with van der Waals surface area (Å²) < 4.78 is 28.0. The highest BCUT2D eigenvalue weighted by atomic mass is 32.2. The van der Waals surface area contributed by atoms with Gasteiger partial charge in [0.15, 0.2) is 0 Å². The molecule has 5 rings (SSSR count). The number of carbonyl (C=O) groups excluding carboxylic acids is 3. The molecule has 1 aliphatic heterocycles. The van der Waals surface area contributed by atoms with Gasteiger partial charge in [0.1, 0.15) is 0 Å². The molecule has 2 aromatic carbocycles. The summed E-state index contributed by atoms with van der Waals surface area (Å²) in [6.07, 6.45) is 6.87. The number of benzene rings is 2. The van der Waals surface area contributed by atoms with Crippen molar-refractivity contribution in [2.75, 3.05) is 18.4 Å². The first-order valence-electron chi connectivity index (χ1n) is 13.6. The van der Waals surface area contributed by atoms with E-state index < -0.39 is 22.1 Å². The molecule has 2 aliphatic carbocycles. The van der Waals surface area contributed by atoms with Crippen LogP contribution >= 0.6 is 0 Å². The van der Waals surface area contributed by atoms with Gasteiger partial charge in [0.05, 0.1) is 11.4 Å². The Morgan fingerprint density at radius 1 is 0.974 bits per heavy atom. The maximum atomic E-state index is 12.9. The zero-order valence-corrected chi connectivity index (χ0v) is 23.2. The quantitative estimate of drug-likeness (QED) is 0.481. The topological polar surface area (TPSA) is 125 Å². The van der Waals surface area contributed by atoms with Gasteiger partial charge in [-0.25, -0.2) is 22.7 Å². The SMILES string of the molecule is CCC1=C(C)CN(C(=O)NCCc2ccc(S(=O)(=O)NC(=O)Nc3c4c(cc5c3CCC5)CCC4)cc2)C1=O. The molecule has 10 heteroatoms. The molecule has 5 amide bonds. The molecule has 0 aromatic heterocycles. The average molecular weight is 551 g/mol. The number of aryl methyl sites for hydroxylation is 2. The smallest absolute Gasteiger partial charge is 0.333 e. The number of carbonyl (C=O) groups is 3. The fraction of sp³-hybridized carbons (Fsp3) is 0.414. The van der Waals surface area contributed by atoms with Crippen LogP contribution in [0.3, 0.4) is 0 Å². The van der Waals surface area contributed by atoms with Crippen molar-refractivity contribution in [1.29, 1.82) is 0 Å². The molecule has 39 heavy (non-hydrogen) atoms. The van der Waals surface area contributed by atoms with Crippen LogP contribution in [0, 0.1) is 0 Å². The number of fused-ring (bicyclic) bond motifs is 2. The Hall–Kier alpha value is -3.66. The van der Waals surface area contributed by atoms with E-state index in [4.69, 9.17) is 0 Å². The second kappa shape index (κ2) is 10.8. The van der Waals surface area contributed by atoms with E-state index in [0.717, 1.165) is 66.5 Å². The predicted molar refractivity (Wildman–Crippen MR) is 148 cm³/mol. The van der Waals surface area contributed by atoms with E-state index in [1.807, 2.05) is 13.8 Å². The third-order valence-corrected chi connectivity index (χ3v) is 9.22. The first-order chi connectivity index (χ1) is 18.7. The lowest BCUT2D eigenvalue weighted by Gasteiger charge is -2.17. The third-order valence-electron chi connectivity index (χ3n) is 7.87. The minimum absolute atomic E-state index is 0.0229. The molecule has 2 aromatic rings. The molecule has 0 atom stereocenters. The van der Waals surface area contributed by atoms with Crippen molar-refractivity contribution in [2.24, 2.45) is 0 Å². The number of sulfonamides is 1. The van der Waals surface area contributed by atoms with Crippen LogP contribution in [0.5, 0.6) is 0 Å². The molecule has 3 aliphatic rings. The molecule has 0 radical (unpaired) electrons. The summed E-state index contributed by atoms with van der Waals surface area (Å²) in [7, 11) is -4.07. The van der Waals surface area contributed by atoms with Crippen molar-refractivity contribution >= 4 is 33.7 Å². The Balaban J connectivity index is 1.16. The maximum absolute atomic E-state index is 12.9. The summed E-state index contributed by atoms with van der Waals surface area (Å²) in [5.74, 6) is -0.250. The average Bonchev–Trinajstić information content (AvgIpc) is 3.63. The number of nitrogens with one attached hydrogen (secondary N) is 3. The van der Waals surface area contributed by atoms with Gasteiger partial charge < -0.3 is 10.6 Å². The molecular weight excluding hydrogens is 516 g/mol. The second-order valence-electron chi connectivity index (χ2n) is 10.4. The summed E-state index contributed by atoms with van der Waals surface area (Å²) >= 11 is 0. The van der Waals surface area contributed by atoms with Gasteiger partial charge in [-0.3, -0.25) is 9.69 Å². The number of amides is 5. The van der Waals surface area contributed by atoms with E-state index in [1.165, 1.54) is 28.2 Å². The summed E-state index contributed by atoms with van der Waals surface area (Å²) in [6, 6.07) is 7.24. The Kier molecular flexibility index (Phi) is 7.48. The second-order valence-corrected chi connectivity index (χ2v) is 12.1. The van der Waals surface area contributed by atoms with Gasteiger partial charge in [-0.2, -0.15) is 0 Å². The van der Waals surface area contributed by atoms with Gasteiger partial charge in [-0.05, 0) is 104 Å². The molecule has 1 heterocycles. The summed E-state index contributed by atoms with van der Waals surface area (Å²) in [4.78, 5) is 38.8. The summed E-state index contributed by atoms with van der Waals surface area (Å²) in [5.41, 5.74) is 7.96. The number of hydrogen-bond acceptors (Lipinski definition) is 5. The lowest BCUT2D eigenvalue weighted by molar-refractivity contribution is -0.123. The molecule has 0 bridgehead atoms. The van der Waals surface area contributed by atoms with Crippen molar-refractivity contribution in [3.05, 3.63) is 69.3 Å². The fourth-order valence-electron chi connectivity index (χ4n) is 5.90. The van der Waals surface area contributed by atoms with Gasteiger partial charge in [0, 0.05) is 17.8 Å². The number of rotatable bonds is 7. The Labute approximate surface area is 229 Å². The van der Waals surface area contributed by atoms with E-state index in [-0.39, 0.29) is 10.8 Å². The Morgan fingerprint density at radius 2 is 1.62 bits per heavy atom. The highest BCUT2D eigenvalue weighted by Crippen LogP contribution is 2.38. The minimum atomic E-state index is -4.07. The fourth-order valence-corrected chi connectivity index (χ4v) is 6.81. The molecular formula is C29H34N4O5S. The van der Waals surface area contributed by atoms with Crippen LogP contribution in [0.1, 0.15) is 60.9 Å². The van der Waals surface area contributed by atoms with E-state index in [0.29, 0.717) is 31.5 Å². The van der Waals surface area contributed by atoms with Crippen molar-refractivity contribution in [3.8, 4) is 0 Å². The van der Waals surface area contributed by atoms with Crippen molar-refractivity contribution in [3.63, 3.8) is 0 Å². The normalized spacial score (nSPS) is 16.4. The van der Waals surface area contributed by atoms with Gasteiger partial charge in [-0.15, -0.1) is 0 Å². The van der Waals surface area contributed by atoms with Crippen molar-refractivity contribution in [2.45, 2.75) is 70.1 Å². The van der Waals surface area contributed by atoms with Crippen LogP contribution in [0.4, 0.5) is 15.3 Å².